The van der Waals surface area contributed by atoms with Crippen LogP contribution < -0.4 is 10.6 Å². The summed E-state index contributed by atoms with van der Waals surface area (Å²) < 4.78 is 12.6. The molecule has 144 valence electrons. The van der Waals surface area contributed by atoms with Crippen LogP contribution in [0.1, 0.15) is 49.1 Å². The summed E-state index contributed by atoms with van der Waals surface area (Å²) in [5, 5.41) is 13.8. The third-order valence-electron chi connectivity index (χ3n) is 4.11. The van der Waals surface area contributed by atoms with Crippen LogP contribution in [0.25, 0.3) is 0 Å². The molecule has 26 heavy (non-hydrogen) atoms. The van der Waals surface area contributed by atoms with Crippen molar-refractivity contribution in [1.29, 1.82) is 0 Å². The minimum Gasteiger partial charge on any atom is -0.371 e. The zero-order valence-electron chi connectivity index (χ0n) is 15.3. The third kappa shape index (κ3) is 4.90. The second-order valence-electron chi connectivity index (χ2n) is 6.45. The number of rotatable bonds is 8. The number of nitrogens with zero attached hydrogens (tertiary/aromatic N) is 2. The van der Waals surface area contributed by atoms with Crippen molar-refractivity contribution in [3.05, 3.63) is 30.1 Å². The molecule has 2 unspecified atom stereocenters. The van der Waals surface area contributed by atoms with E-state index >= 15 is 0 Å². The quantitative estimate of drug-likeness (QED) is 0.587. The van der Waals surface area contributed by atoms with E-state index in [0.717, 1.165) is 12.8 Å². The Labute approximate surface area is 152 Å². The molecule has 2 atom stereocenters. The first-order valence-electron chi connectivity index (χ1n) is 8.52. The van der Waals surface area contributed by atoms with Crippen molar-refractivity contribution in [2.45, 2.75) is 45.9 Å². The van der Waals surface area contributed by atoms with Gasteiger partial charge in [-0.15, -0.1) is 0 Å². The highest BCUT2D eigenvalue weighted by Crippen LogP contribution is 2.30. The molecule has 0 saturated carbocycles. The van der Waals surface area contributed by atoms with E-state index in [1.807, 2.05) is 0 Å². The highest BCUT2D eigenvalue weighted by atomic mass is 16.6. The highest BCUT2D eigenvalue weighted by molar-refractivity contribution is 5.95. The number of aliphatic hydroxyl groups excluding tert-OH is 1. The highest BCUT2D eigenvalue weighted by Gasteiger charge is 2.29. The van der Waals surface area contributed by atoms with Crippen LogP contribution in [-0.4, -0.2) is 46.0 Å². The van der Waals surface area contributed by atoms with Crippen LogP contribution in [0.2, 0.25) is 0 Å². The maximum atomic E-state index is 12.4. The summed E-state index contributed by atoms with van der Waals surface area (Å²) in [4.78, 5) is 28.2. The Morgan fingerprint density at radius 3 is 2.85 bits per heavy atom. The molecule has 3 N–H and O–H groups in total. The molecule has 0 spiro atoms. The summed E-state index contributed by atoms with van der Waals surface area (Å²) in [7, 11) is 0. The van der Waals surface area contributed by atoms with E-state index in [-0.39, 0.29) is 42.5 Å². The van der Waals surface area contributed by atoms with E-state index in [1.54, 1.807) is 31.7 Å². The van der Waals surface area contributed by atoms with Gasteiger partial charge in [0.05, 0.1) is 19.0 Å². The SMILES string of the molecule is C=C(NC(=O)c1ncn(C2CCC(COCO)O2)c1C)NC(=O)C(C)C. The molecule has 1 aliphatic heterocycles. The number of carbonyl (C=O) groups is 2. The van der Waals surface area contributed by atoms with E-state index in [0.29, 0.717) is 12.3 Å². The van der Waals surface area contributed by atoms with Crippen molar-refractivity contribution >= 4 is 11.8 Å². The van der Waals surface area contributed by atoms with Crippen LogP contribution in [0.3, 0.4) is 0 Å². The number of hydrogen-bond acceptors (Lipinski definition) is 6. The number of aromatic nitrogens is 2. The fourth-order valence-corrected chi connectivity index (χ4v) is 2.65. The van der Waals surface area contributed by atoms with Crippen LogP contribution in [0, 0.1) is 12.8 Å². The molecule has 1 fully saturated rings. The second-order valence-corrected chi connectivity index (χ2v) is 6.45. The predicted octanol–water partition coefficient (Wildman–Crippen LogP) is 0.809. The normalized spacial score (nSPS) is 19.6. The largest absolute Gasteiger partial charge is 0.371 e. The zero-order valence-corrected chi connectivity index (χ0v) is 15.3. The summed E-state index contributed by atoms with van der Waals surface area (Å²) in [6.07, 6.45) is 2.77. The summed E-state index contributed by atoms with van der Waals surface area (Å²) in [5.74, 6) is -0.783. The Morgan fingerprint density at radius 2 is 2.19 bits per heavy atom. The topological polar surface area (TPSA) is 115 Å². The van der Waals surface area contributed by atoms with Gasteiger partial charge in [-0.3, -0.25) is 9.59 Å². The first-order chi connectivity index (χ1) is 12.3. The summed E-state index contributed by atoms with van der Waals surface area (Å²) in [6, 6.07) is 0. The van der Waals surface area contributed by atoms with Crippen molar-refractivity contribution in [3.8, 4) is 0 Å². The van der Waals surface area contributed by atoms with Gasteiger partial charge in [-0.05, 0) is 19.8 Å². The lowest BCUT2D eigenvalue weighted by molar-refractivity contribution is -0.123. The summed E-state index contributed by atoms with van der Waals surface area (Å²) in [6.45, 7) is 8.89. The molecule has 2 amide bonds. The smallest absolute Gasteiger partial charge is 0.277 e. The summed E-state index contributed by atoms with van der Waals surface area (Å²) >= 11 is 0. The van der Waals surface area contributed by atoms with E-state index in [1.165, 1.54) is 0 Å². The number of amides is 2. The van der Waals surface area contributed by atoms with E-state index in [4.69, 9.17) is 14.6 Å². The number of ether oxygens (including phenoxy) is 2. The molecule has 0 aromatic carbocycles. The number of aliphatic hydroxyl groups is 1. The maximum absolute atomic E-state index is 12.4. The minimum absolute atomic E-state index is 0.0998. The average Bonchev–Trinajstić information content (AvgIpc) is 3.18. The zero-order chi connectivity index (χ0) is 19.3. The van der Waals surface area contributed by atoms with Crippen LogP contribution in [0.15, 0.2) is 18.7 Å². The van der Waals surface area contributed by atoms with Gasteiger partial charge in [0.1, 0.15) is 24.5 Å². The Balaban J connectivity index is 1.97. The minimum atomic E-state index is -0.450. The van der Waals surface area contributed by atoms with Gasteiger partial charge in [0.15, 0.2) is 0 Å². The predicted molar refractivity (Wildman–Crippen MR) is 92.7 cm³/mol. The van der Waals surface area contributed by atoms with Gasteiger partial charge in [-0.2, -0.15) is 0 Å². The Hall–Kier alpha value is -2.23. The molecule has 2 rings (SSSR count). The Kier molecular flexibility index (Phi) is 6.90. The van der Waals surface area contributed by atoms with E-state index in [9.17, 15) is 9.59 Å². The van der Waals surface area contributed by atoms with Gasteiger partial charge < -0.3 is 29.8 Å². The number of carbonyl (C=O) groups excluding carboxylic acids is 2. The number of imidazole rings is 1. The molecular formula is C17H26N4O5. The molecule has 9 heteroatoms. The first kappa shape index (κ1) is 20.1. The average molecular weight is 366 g/mol. The molecule has 9 nitrogen and oxygen atoms in total. The van der Waals surface area contributed by atoms with E-state index < -0.39 is 5.91 Å². The standard InChI is InChI=1S/C17H26N4O5/c1-10(2)16(23)19-12(4)20-17(24)15-11(3)21(8-18-15)14-6-5-13(26-14)7-25-9-22/h8,10,13-14,22H,4-7,9H2,1-3H3,(H,19,23)(H,20,24). The van der Waals surface area contributed by atoms with Crippen molar-refractivity contribution in [3.63, 3.8) is 0 Å². The first-order valence-corrected chi connectivity index (χ1v) is 8.52. The van der Waals surface area contributed by atoms with Gasteiger partial charge in [0.25, 0.3) is 5.91 Å². The molecule has 2 heterocycles. The van der Waals surface area contributed by atoms with E-state index in [2.05, 4.69) is 22.2 Å². The summed E-state index contributed by atoms with van der Waals surface area (Å²) in [5.41, 5.74) is 0.891. The lowest BCUT2D eigenvalue weighted by Crippen LogP contribution is -2.36. The van der Waals surface area contributed by atoms with Gasteiger partial charge in [-0.1, -0.05) is 20.4 Å². The lowest BCUT2D eigenvalue weighted by Gasteiger charge is -2.16. The van der Waals surface area contributed by atoms with Gasteiger partial charge >= 0.3 is 0 Å². The maximum Gasteiger partial charge on any atom is 0.277 e. The Bertz CT molecular complexity index is 670. The number of nitrogens with one attached hydrogen (secondary N) is 2. The van der Waals surface area contributed by atoms with Crippen LogP contribution in [0.5, 0.6) is 0 Å². The van der Waals surface area contributed by atoms with Gasteiger partial charge in [0, 0.05) is 11.6 Å². The fraction of sp³-hybridized carbons (Fsp3) is 0.588. The fourth-order valence-electron chi connectivity index (χ4n) is 2.65. The van der Waals surface area contributed by atoms with Crippen LogP contribution >= 0.6 is 0 Å². The molecule has 1 aromatic heterocycles. The molecule has 0 bridgehead atoms. The molecular weight excluding hydrogens is 340 g/mol. The molecule has 0 aliphatic carbocycles. The van der Waals surface area contributed by atoms with Crippen molar-refractivity contribution in [1.82, 2.24) is 20.2 Å². The van der Waals surface area contributed by atoms with Crippen molar-refractivity contribution < 1.29 is 24.2 Å². The Morgan fingerprint density at radius 1 is 1.46 bits per heavy atom. The molecule has 1 saturated heterocycles. The lowest BCUT2D eigenvalue weighted by atomic mass is 10.2. The van der Waals surface area contributed by atoms with Gasteiger partial charge in [0.2, 0.25) is 5.91 Å². The third-order valence-corrected chi connectivity index (χ3v) is 4.11. The van der Waals surface area contributed by atoms with Crippen LogP contribution in [-0.2, 0) is 14.3 Å². The van der Waals surface area contributed by atoms with Crippen LogP contribution in [0.4, 0.5) is 0 Å². The van der Waals surface area contributed by atoms with Gasteiger partial charge in [-0.25, -0.2) is 4.98 Å². The van der Waals surface area contributed by atoms with Crippen molar-refractivity contribution in [2.75, 3.05) is 13.4 Å². The molecule has 0 radical (unpaired) electrons. The number of hydrogen-bond donors (Lipinski definition) is 3. The molecule has 1 aliphatic rings. The van der Waals surface area contributed by atoms with Crippen molar-refractivity contribution in [2.24, 2.45) is 5.92 Å². The molecule has 1 aromatic rings. The monoisotopic (exact) mass is 366 g/mol. The second kappa shape index (κ2) is 8.93.